The summed E-state index contributed by atoms with van der Waals surface area (Å²) in [4.78, 5) is 9.27. The Bertz CT molecular complexity index is 855. The molecule has 2 saturated heterocycles. The van der Waals surface area contributed by atoms with E-state index in [0.29, 0.717) is 12.0 Å². The van der Waals surface area contributed by atoms with Crippen LogP contribution >= 0.6 is 0 Å². The van der Waals surface area contributed by atoms with Gasteiger partial charge in [-0.25, -0.2) is 0 Å². The number of aliphatic hydroxyl groups is 1. The van der Waals surface area contributed by atoms with Gasteiger partial charge < -0.3 is 5.11 Å². The molecular formula is C26H33N3O. The van der Waals surface area contributed by atoms with Crippen LogP contribution in [0.2, 0.25) is 0 Å². The van der Waals surface area contributed by atoms with Gasteiger partial charge in [-0.05, 0) is 67.7 Å². The number of unbranched alkanes of at least 4 members (excludes halogenated alkanes) is 1. The second kappa shape index (κ2) is 10.2. The molecule has 2 aromatic rings. The number of rotatable bonds is 5. The van der Waals surface area contributed by atoms with Gasteiger partial charge >= 0.3 is 0 Å². The first-order chi connectivity index (χ1) is 14.8. The quantitative estimate of drug-likeness (QED) is 0.774. The fourth-order valence-electron chi connectivity index (χ4n) is 4.98. The minimum absolute atomic E-state index is 0.226. The lowest BCUT2D eigenvalue weighted by Gasteiger charge is -2.57. The number of fused-ring (bicyclic) bond motifs is 1. The van der Waals surface area contributed by atoms with Crippen molar-refractivity contribution in [2.24, 2.45) is 0 Å². The third kappa shape index (κ3) is 4.75. The lowest BCUT2D eigenvalue weighted by atomic mass is 9.74. The second-order valence-electron chi connectivity index (χ2n) is 8.55. The van der Waals surface area contributed by atoms with Gasteiger partial charge in [0.05, 0.1) is 6.61 Å². The van der Waals surface area contributed by atoms with Crippen LogP contribution in [0.1, 0.15) is 55.2 Å². The largest absolute Gasteiger partial charge is 0.395 e. The Balaban J connectivity index is 1.50. The van der Waals surface area contributed by atoms with Crippen LogP contribution in [0.15, 0.2) is 48.8 Å². The summed E-state index contributed by atoms with van der Waals surface area (Å²) >= 11 is 0. The molecule has 1 aromatic heterocycles. The lowest BCUT2D eigenvalue weighted by Crippen LogP contribution is -2.67. The van der Waals surface area contributed by atoms with Gasteiger partial charge in [-0.3, -0.25) is 14.8 Å². The summed E-state index contributed by atoms with van der Waals surface area (Å²) in [5, 5.41) is 10.1. The standard InChI is InChI=1S/C26H33N3O/c1-2-3-4-7-21-8-10-23(11-9-21)26-24-19-28(18-22-12-14-27-15-13-22)16-5-6-17-29(24)25(26)20-30/h8-15,24-26,30H,2-3,5-6,16-20H2,1H3/t24-,25+,26+/m0/s1. The summed E-state index contributed by atoms with van der Waals surface area (Å²) in [7, 11) is 0. The maximum absolute atomic E-state index is 10.1. The van der Waals surface area contributed by atoms with E-state index in [4.69, 9.17) is 0 Å². The van der Waals surface area contributed by atoms with Crippen LogP contribution in [0, 0.1) is 11.8 Å². The molecule has 1 aromatic carbocycles. The summed E-state index contributed by atoms with van der Waals surface area (Å²) in [6, 6.07) is 13.7. The van der Waals surface area contributed by atoms with Crippen molar-refractivity contribution in [3.8, 4) is 11.8 Å². The monoisotopic (exact) mass is 403 g/mol. The Labute approximate surface area is 180 Å². The van der Waals surface area contributed by atoms with E-state index in [2.05, 4.69) is 69.9 Å². The van der Waals surface area contributed by atoms with Gasteiger partial charge in [0.1, 0.15) is 0 Å². The van der Waals surface area contributed by atoms with Crippen molar-refractivity contribution in [1.29, 1.82) is 0 Å². The molecule has 0 aliphatic carbocycles. The van der Waals surface area contributed by atoms with Crippen molar-refractivity contribution >= 4 is 0 Å². The predicted molar refractivity (Wildman–Crippen MR) is 121 cm³/mol. The van der Waals surface area contributed by atoms with E-state index in [1.54, 1.807) is 0 Å². The van der Waals surface area contributed by atoms with Crippen LogP contribution in [0.3, 0.4) is 0 Å². The summed E-state index contributed by atoms with van der Waals surface area (Å²) in [6.45, 7) is 6.62. The van der Waals surface area contributed by atoms with Gasteiger partial charge in [-0.2, -0.15) is 0 Å². The first kappa shape index (κ1) is 21.1. The highest BCUT2D eigenvalue weighted by atomic mass is 16.3. The van der Waals surface area contributed by atoms with Crippen molar-refractivity contribution in [1.82, 2.24) is 14.8 Å². The van der Waals surface area contributed by atoms with Crippen LogP contribution in [0.5, 0.6) is 0 Å². The predicted octanol–water partition coefficient (Wildman–Crippen LogP) is 3.66. The Kier molecular flexibility index (Phi) is 7.17. The third-order valence-corrected chi connectivity index (χ3v) is 6.51. The smallest absolute Gasteiger partial charge is 0.0593 e. The number of aliphatic hydroxyl groups excluding tert-OH is 1. The fourth-order valence-corrected chi connectivity index (χ4v) is 4.98. The molecule has 158 valence electrons. The van der Waals surface area contributed by atoms with Crippen LogP contribution in [-0.2, 0) is 6.54 Å². The van der Waals surface area contributed by atoms with Crippen molar-refractivity contribution in [3.63, 3.8) is 0 Å². The van der Waals surface area contributed by atoms with Crippen molar-refractivity contribution in [3.05, 3.63) is 65.5 Å². The van der Waals surface area contributed by atoms with Gasteiger partial charge in [0.25, 0.3) is 0 Å². The summed E-state index contributed by atoms with van der Waals surface area (Å²) in [5.74, 6) is 6.87. The maximum atomic E-state index is 10.1. The number of hydrogen-bond donors (Lipinski definition) is 1. The molecule has 30 heavy (non-hydrogen) atoms. The molecule has 1 N–H and O–H groups in total. The van der Waals surface area contributed by atoms with Crippen molar-refractivity contribution < 1.29 is 5.11 Å². The minimum atomic E-state index is 0.226. The molecule has 0 amide bonds. The van der Waals surface area contributed by atoms with Gasteiger partial charge in [-0.1, -0.05) is 30.9 Å². The average molecular weight is 404 g/mol. The molecule has 0 saturated carbocycles. The number of hydrogen-bond acceptors (Lipinski definition) is 4. The third-order valence-electron chi connectivity index (χ3n) is 6.51. The molecule has 0 bridgehead atoms. The number of benzene rings is 1. The van der Waals surface area contributed by atoms with E-state index in [1.807, 2.05) is 12.4 Å². The van der Waals surface area contributed by atoms with Gasteiger partial charge in [0.2, 0.25) is 0 Å². The molecule has 4 heteroatoms. The van der Waals surface area contributed by atoms with Crippen LogP contribution in [0.4, 0.5) is 0 Å². The van der Waals surface area contributed by atoms with Crippen LogP contribution < -0.4 is 0 Å². The van der Waals surface area contributed by atoms with Gasteiger partial charge in [0.15, 0.2) is 0 Å². The normalized spacial score (nSPS) is 24.7. The highest BCUT2D eigenvalue weighted by Gasteiger charge is 2.48. The van der Waals surface area contributed by atoms with Crippen molar-refractivity contribution in [2.75, 3.05) is 26.2 Å². The van der Waals surface area contributed by atoms with E-state index in [1.165, 1.54) is 24.0 Å². The number of aromatic nitrogens is 1. The van der Waals surface area contributed by atoms with Crippen LogP contribution in [-0.4, -0.2) is 58.2 Å². The van der Waals surface area contributed by atoms with E-state index in [0.717, 1.165) is 44.6 Å². The number of nitrogens with zero attached hydrogens (tertiary/aromatic N) is 3. The molecule has 0 spiro atoms. The highest BCUT2D eigenvalue weighted by molar-refractivity contribution is 5.39. The molecule has 2 fully saturated rings. The number of pyridine rings is 1. The molecule has 0 unspecified atom stereocenters. The van der Waals surface area contributed by atoms with Crippen LogP contribution in [0.25, 0.3) is 0 Å². The second-order valence-corrected chi connectivity index (χ2v) is 8.55. The Morgan fingerprint density at radius 1 is 1.07 bits per heavy atom. The first-order valence-electron chi connectivity index (χ1n) is 11.4. The summed E-state index contributed by atoms with van der Waals surface area (Å²) in [6.07, 6.45) is 8.20. The summed E-state index contributed by atoms with van der Waals surface area (Å²) in [5.41, 5.74) is 3.74. The molecule has 2 aliphatic heterocycles. The topological polar surface area (TPSA) is 39.6 Å². The van der Waals surface area contributed by atoms with E-state index in [-0.39, 0.29) is 12.6 Å². The molecule has 3 atom stereocenters. The van der Waals surface area contributed by atoms with E-state index in [9.17, 15) is 5.11 Å². The maximum Gasteiger partial charge on any atom is 0.0593 e. The van der Waals surface area contributed by atoms with Gasteiger partial charge in [0, 0.05) is 55.5 Å². The minimum Gasteiger partial charge on any atom is -0.395 e. The Morgan fingerprint density at radius 2 is 1.83 bits per heavy atom. The molecule has 3 heterocycles. The van der Waals surface area contributed by atoms with Crippen molar-refractivity contribution in [2.45, 2.75) is 57.2 Å². The zero-order valence-electron chi connectivity index (χ0n) is 18.0. The molecule has 2 aliphatic rings. The zero-order valence-corrected chi connectivity index (χ0v) is 18.0. The Hall–Kier alpha value is -2.19. The summed E-state index contributed by atoms with van der Waals surface area (Å²) < 4.78 is 0. The van der Waals surface area contributed by atoms with E-state index < -0.39 is 0 Å². The SMILES string of the molecule is CCCC#Cc1ccc([C@H]2[C@@H](CO)N3CCCCN(Cc4ccncc4)C[C@@H]23)cc1. The molecular weight excluding hydrogens is 370 g/mol. The van der Waals surface area contributed by atoms with Gasteiger partial charge in [-0.15, -0.1) is 0 Å². The first-order valence-corrected chi connectivity index (χ1v) is 11.4. The Morgan fingerprint density at radius 3 is 2.57 bits per heavy atom. The fraction of sp³-hybridized carbons (Fsp3) is 0.500. The molecule has 0 radical (unpaired) electrons. The average Bonchev–Trinajstić information content (AvgIpc) is 2.76. The highest BCUT2D eigenvalue weighted by Crippen LogP contribution is 2.42. The molecule has 4 rings (SSSR count). The molecule has 4 nitrogen and oxygen atoms in total. The zero-order chi connectivity index (χ0) is 20.8. The van der Waals surface area contributed by atoms with E-state index >= 15 is 0 Å². The lowest BCUT2D eigenvalue weighted by molar-refractivity contribution is -0.0655.